The van der Waals surface area contributed by atoms with Crippen molar-refractivity contribution in [3.8, 4) is 5.75 Å². The number of benzene rings is 2. The lowest BCUT2D eigenvalue weighted by Gasteiger charge is -2.10. The lowest BCUT2D eigenvalue weighted by atomic mass is 10.0. The van der Waals surface area contributed by atoms with Crippen LogP contribution in [0.4, 0.5) is 4.39 Å². The maximum Gasteiger partial charge on any atom is 0.200 e. The average molecular weight is 344 g/mol. The zero-order chi connectivity index (χ0) is 14.0. The van der Waals surface area contributed by atoms with Gasteiger partial charge in [0.05, 0.1) is 18.2 Å². The van der Waals surface area contributed by atoms with E-state index in [-0.39, 0.29) is 11.1 Å². The van der Waals surface area contributed by atoms with E-state index in [2.05, 4.69) is 15.9 Å². The Kier molecular flexibility index (Phi) is 4.22. The van der Waals surface area contributed by atoms with Gasteiger partial charge in [0.2, 0.25) is 5.78 Å². The molecule has 2 aromatic carbocycles. The van der Waals surface area contributed by atoms with E-state index in [9.17, 15) is 9.18 Å². The third-order valence-corrected chi connectivity index (χ3v) is 3.49. The van der Waals surface area contributed by atoms with E-state index in [1.165, 1.54) is 25.3 Å². The van der Waals surface area contributed by atoms with Gasteiger partial charge in [0.1, 0.15) is 11.6 Å². The summed E-state index contributed by atoms with van der Waals surface area (Å²) < 4.78 is 19.3. The normalized spacial score (nSPS) is 10.3. The molecule has 2 aromatic rings. The van der Waals surface area contributed by atoms with Gasteiger partial charge in [-0.1, -0.05) is 17.7 Å². The van der Waals surface area contributed by atoms with E-state index >= 15 is 0 Å². The minimum Gasteiger partial charge on any atom is -0.496 e. The number of hydrogen-bond donors (Lipinski definition) is 0. The second-order valence-corrected chi connectivity index (χ2v) is 5.06. The zero-order valence-electron chi connectivity index (χ0n) is 9.91. The van der Waals surface area contributed by atoms with Crippen LogP contribution in [-0.4, -0.2) is 12.9 Å². The van der Waals surface area contributed by atoms with Crippen LogP contribution in [0.2, 0.25) is 5.02 Å². The highest BCUT2D eigenvalue weighted by atomic mass is 79.9. The minimum atomic E-state index is -0.596. The second kappa shape index (κ2) is 5.72. The molecule has 0 aliphatic rings. The van der Waals surface area contributed by atoms with E-state index in [1.807, 2.05) is 0 Å². The number of hydrogen-bond acceptors (Lipinski definition) is 2. The van der Waals surface area contributed by atoms with E-state index in [0.29, 0.717) is 15.2 Å². The number of ketones is 1. The van der Waals surface area contributed by atoms with Crippen LogP contribution in [0.25, 0.3) is 0 Å². The van der Waals surface area contributed by atoms with Crippen molar-refractivity contribution >= 4 is 33.3 Å². The van der Waals surface area contributed by atoms with Gasteiger partial charge in [0.15, 0.2) is 0 Å². The minimum absolute atomic E-state index is 0.0388. The molecule has 0 saturated carbocycles. The molecule has 0 unspecified atom stereocenters. The van der Waals surface area contributed by atoms with E-state index < -0.39 is 11.6 Å². The van der Waals surface area contributed by atoms with Crippen molar-refractivity contribution in [2.24, 2.45) is 0 Å². The maximum atomic E-state index is 13.8. The van der Waals surface area contributed by atoms with Crippen LogP contribution < -0.4 is 4.74 Å². The first kappa shape index (κ1) is 14.0. The summed E-state index contributed by atoms with van der Waals surface area (Å²) in [5.74, 6) is -0.727. The third-order valence-electron chi connectivity index (χ3n) is 2.60. The summed E-state index contributed by atoms with van der Waals surface area (Å²) in [5.41, 5.74) is 0.184. The van der Waals surface area contributed by atoms with Crippen molar-refractivity contribution in [3.05, 3.63) is 62.8 Å². The Morgan fingerprint density at radius 3 is 2.68 bits per heavy atom. The lowest BCUT2D eigenvalue weighted by Crippen LogP contribution is -2.07. The van der Waals surface area contributed by atoms with Crippen molar-refractivity contribution in [1.82, 2.24) is 0 Å². The predicted octanol–water partition coefficient (Wildman–Crippen LogP) is 4.48. The van der Waals surface area contributed by atoms with Gasteiger partial charge in [-0.15, -0.1) is 0 Å². The molecular weight excluding hydrogens is 335 g/mol. The van der Waals surface area contributed by atoms with Crippen molar-refractivity contribution in [2.75, 3.05) is 7.11 Å². The molecule has 0 radical (unpaired) electrons. The van der Waals surface area contributed by atoms with E-state index in [0.717, 1.165) is 0 Å². The second-order valence-electron chi connectivity index (χ2n) is 3.77. The van der Waals surface area contributed by atoms with Crippen molar-refractivity contribution < 1.29 is 13.9 Å². The molecule has 0 amide bonds. The first-order chi connectivity index (χ1) is 9.04. The molecule has 5 heteroatoms. The maximum absolute atomic E-state index is 13.8. The van der Waals surface area contributed by atoms with Crippen molar-refractivity contribution in [1.29, 1.82) is 0 Å². The Morgan fingerprint density at radius 2 is 2.05 bits per heavy atom. The number of rotatable bonds is 3. The van der Waals surface area contributed by atoms with E-state index in [4.69, 9.17) is 16.3 Å². The lowest BCUT2D eigenvalue weighted by molar-refractivity contribution is 0.103. The summed E-state index contributed by atoms with van der Waals surface area (Å²) in [6.45, 7) is 0. The smallest absolute Gasteiger partial charge is 0.200 e. The molecule has 19 heavy (non-hydrogen) atoms. The molecule has 0 heterocycles. The summed E-state index contributed by atoms with van der Waals surface area (Å²) in [6, 6.07) is 8.99. The molecule has 0 atom stereocenters. The highest BCUT2D eigenvalue weighted by molar-refractivity contribution is 9.10. The van der Waals surface area contributed by atoms with Crippen LogP contribution in [0.5, 0.6) is 5.75 Å². The molecule has 0 aliphatic heterocycles. The van der Waals surface area contributed by atoms with Crippen LogP contribution >= 0.6 is 27.5 Å². The van der Waals surface area contributed by atoms with Crippen LogP contribution in [0.3, 0.4) is 0 Å². The summed E-state index contributed by atoms with van der Waals surface area (Å²) in [6.07, 6.45) is 0. The quantitative estimate of drug-likeness (QED) is 0.768. The van der Waals surface area contributed by atoms with Gasteiger partial charge in [-0.2, -0.15) is 0 Å². The largest absolute Gasteiger partial charge is 0.496 e. The fourth-order valence-electron chi connectivity index (χ4n) is 1.71. The summed E-state index contributed by atoms with van der Waals surface area (Å²) in [5, 5.41) is 0.386. The van der Waals surface area contributed by atoms with Crippen LogP contribution in [-0.2, 0) is 0 Å². The van der Waals surface area contributed by atoms with Gasteiger partial charge in [0, 0.05) is 9.50 Å². The number of carbonyl (C=O) groups is 1. The van der Waals surface area contributed by atoms with Gasteiger partial charge in [-0.3, -0.25) is 4.79 Å². The first-order valence-corrected chi connectivity index (χ1v) is 6.54. The van der Waals surface area contributed by atoms with Gasteiger partial charge in [0.25, 0.3) is 0 Å². The molecule has 0 aliphatic carbocycles. The summed E-state index contributed by atoms with van der Waals surface area (Å²) in [4.78, 5) is 12.4. The summed E-state index contributed by atoms with van der Waals surface area (Å²) in [7, 11) is 1.44. The topological polar surface area (TPSA) is 26.3 Å². The van der Waals surface area contributed by atoms with Gasteiger partial charge in [-0.25, -0.2) is 4.39 Å². The monoisotopic (exact) mass is 342 g/mol. The first-order valence-electron chi connectivity index (χ1n) is 5.37. The van der Waals surface area contributed by atoms with Crippen LogP contribution in [0.1, 0.15) is 15.9 Å². The molecule has 0 saturated heterocycles. The number of ether oxygens (including phenoxy) is 1. The molecule has 0 bridgehead atoms. The standard InChI is InChI=1S/C14H9BrClFO2/c1-19-12-6-5-8(16)7-9(12)14(18)13-10(15)3-2-4-11(13)17/h2-7H,1H3. The molecule has 0 fully saturated rings. The molecule has 0 aromatic heterocycles. The molecule has 2 rings (SSSR count). The SMILES string of the molecule is COc1ccc(Cl)cc1C(=O)c1c(F)cccc1Br. The molecule has 2 nitrogen and oxygen atoms in total. The Morgan fingerprint density at radius 1 is 1.32 bits per heavy atom. The number of halogens is 3. The fourth-order valence-corrected chi connectivity index (χ4v) is 2.40. The van der Waals surface area contributed by atoms with Gasteiger partial charge >= 0.3 is 0 Å². The van der Waals surface area contributed by atoms with Gasteiger partial charge < -0.3 is 4.74 Å². The highest BCUT2D eigenvalue weighted by Crippen LogP contribution is 2.29. The Hall–Kier alpha value is -1.39. The number of carbonyl (C=O) groups excluding carboxylic acids is 1. The summed E-state index contributed by atoms with van der Waals surface area (Å²) >= 11 is 9.05. The van der Waals surface area contributed by atoms with Gasteiger partial charge in [-0.05, 0) is 46.3 Å². The Balaban J connectivity index is 2.59. The average Bonchev–Trinajstić information content (AvgIpc) is 2.38. The molecule has 0 spiro atoms. The third kappa shape index (κ3) is 2.80. The van der Waals surface area contributed by atoms with Crippen molar-refractivity contribution in [2.45, 2.75) is 0 Å². The van der Waals surface area contributed by atoms with Crippen LogP contribution in [0.15, 0.2) is 40.9 Å². The molecular formula is C14H9BrClFO2. The molecule has 0 N–H and O–H groups in total. The Labute approximate surface area is 123 Å². The van der Waals surface area contributed by atoms with Crippen LogP contribution in [0, 0.1) is 5.82 Å². The predicted molar refractivity (Wildman–Crippen MR) is 75.5 cm³/mol. The fraction of sp³-hybridized carbons (Fsp3) is 0.0714. The van der Waals surface area contributed by atoms with Crippen molar-refractivity contribution in [3.63, 3.8) is 0 Å². The van der Waals surface area contributed by atoms with E-state index in [1.54, 1.807) is 18.2 Å². The number of methoxy groups -OCH3 is 1. The zero-order valence-corrected chi connectivity index (χ0v) is 12.3. The Bertz CT molecular complexity index is 623. The molecule has 98 valence electrons. The highest BCUT2D eigenvalue weighted by Gasteiger charge is 2.20.